The summed E-state index contributed by atoms with van der Waals surface area (Å²) in [5.74, 6) is -2.41. The molecule has 21 heavy (non-hydrogen) atoms. The van der Waals surface area contributed by atoms with E-state index in [1.165, 1.54) is 30.0 Å². The molecule has 2 rings (SSSR count). The van der Waals surface area contributed by atoms with Crippen LogP contribution >= 0.6 is 0 Å². The summed E-state index contributed by atoms with van der Waals surface area (Å²) in [5, 5.41) is 9.07. The Morgan fingerprint density at radius 3 is 2.62 bits per heavy atom. The molecule has 1 aliphatic rings. The lowest BCUT2D eigenvalue weighted by atomic mass is 9.99. The number of amides is 1. The van der Waals surface area contributed by atoms with Crippen LogP contribution in [0.25, 0.3) is 0 Å². The first-order chi connectivity index (χ1) is 9.90. The third kappa shape index (κ3) is 3.32. The molecule has 3 unspecified atom stereocenters. The summed E-state index contributed by atoms with van der Waals surface area (Å²) in [7, 11) is 0. The number of hydrogen-bond acceptors (Lipinski definition) is 3. The zero-order chi connectivity index (χ0) is 15.6. The van der Waals surface area contributed by atoms with Gasteiger partial charge < -0.3 is 14.7 Å². The van der Waals surface area contributed by atoms with Gasteiger partial charge in [-0.25, -0.2) is 4.39 Å². The quantitative estimate of drug-likeness (QED) is 0.919. The Kier molecular flexibility index (Phi) is 4.45. The lowest BCUT2D eigenvalue weighted by Gasteiger charge is -2.21. The normalized spacial score (nSPS) is 22.9. The van der Waals surface area contributed by atoms with Crippen LogP contribution in [0.2, 0.25) is 0 Å². The number of likely N-dealkylation sites (tertiary alicyclic amines) is 1. The molecule has 0 saturated carbocycles. The molecular weight excluding hydrogens is 277 g/mol. The topological polar surface area (TPSA) is 66.8 Å². The van der Waals surface area contributed by atoms with Gasteiger partial charge in [-0.15, -0.1) is 0 Å². The third-order valence-corrected chi connectivity index (χ3v) is 3.73. The van der Waals surface area contributed by atoms with Crippen LogP contribution in [0.5, 0.6) is 5.75 Å². The minimum absolute atomic E-state index is 0.0142. The van der Waals surface area contributed by atoms with Crippen molar-refractivity contribution >= 4 is 11.9 Å². The van der Waals surface area contributed by atoms with E-state index in [1.807, 2.05) is 0 Å². The van der Waals surface area contributed by atoms with Gasteiger partial charge in [-0.05, 0) is 25.0 Å². The number of para-hydroxylation sites is 1. The van der Waals surface area contributed by atoms with Gasteiger partial charge in [0.05, 0.1) is 5.92 Å². The molecule has 1 aromatic carbocycles. The van der Waals surface area contributed by atoms with Crippen LogP contribution in [0.1, 0.15) is 13.8 Å². The molecule has 0 aliphatic carbocycles. The van der Waals surface area contributed by atoms with Crippen molar-refractivity contribution in [2.45, 2.75) is 20.0 Å². The fourth-order valence-electron chi connectivity index (χ4n) is 2.51. The van der Waals surface area contributed by atoms with E-state index >= 15 is 0 Å². The van der Waals surface area contributed by atoms with E-state index in [4.69, 9.17) is 9.84 Å². The molecule has 5 nitrogen and oxygen atoms in total. The average Bonchev–Trinajstić information content (AvgIpc) is 2.82. The second kappa shape index (κ2) is 6.11. The van der Waals surface area contributed by atoms with Gasteiger partial charge in [0.25, 0.3) is 5.91 Å². The van der Waals surface area contributed by atoms with Gasteiger partial charge in [-0.3, -0.25) is 9.59 Å². The van der Waals surface area contributed by atoms with Crippen molar-refractivity contribution in [1.82, 2.24) is 4.90 Å². The number of carbonyl (C=O) groups excluding carboxylic acids is 1. The summed E-state index contributed by atoms with van der Waals surface area (Å²) >= 11 is 0. The van der Waals surface area contributed by atoms with Gasteiger partial charge >= 0.3 is 5.97 Å². The Morgan fingerprint density at radius 1 is 1.38 bits per heavy atom. The second-order valence-corrected chi connectivity index (χ2v) is 5.36. The summed E-state index contributed by atoms with van der Waals surface area (Å²) < 4.78 is 18.8. The largest absolute Gasteiger partial charge is 0.481 e. The number of carboxylic acids is 1. The highest BCUT2D eigenvalue weighted by atomic mass is 19.1. The van der Waals surface area contributed by atoms with Gasteiger partial charge in [-0.2, -0.15) is 0 Å². The molecule has 0 bridgehead atoms. The molecule has 1 heterocycles. The van der Waals surface area contributed by atoms with Crippen molar-refractivity contribution in [3.63, 3.8) is 0 Å². The van der Waals surface area contributed by atoms with Crippen molar-refractivity contribution in [3.8, 4) is 5.75 Å². The number of hydrogen-bond donors (Lipinski definition) is 1. The Hall–Kier alpha value is -2.11. The summed E-state index contributed by atoms with van der Waals surface area (Å²) in [6.45, 7) is 3.88. The lowest BCUT2D eigenvalue weighted by Crippen LogP contribution is -2.39. The van der Waals surface area contributed by atoms with Crippen molar-refractivity contribution in [2.24, 2.45) is 11.8 Å². The summed E-state index contributed by atoms with van der Waals surface area (Å²) in [6.07, 6.45) is -0.860. The molecule has 1 amide bonds. The minimum atomic E-state index is -0.902. The predicted molar refractivity (Wildman–Crippen MR) is 73.4 cm³/mol. The number of carbonyl (C=O) groups is 2. The standard InChI is InChI=1S/C15H18FNO4/c1-9-7-17(8-11(9)15(19)20)14(18)10(2)21-13-6-4-3-5-12(13)16/h3-6,9-11H,7-8H2,1-2H3,(H,19,20). The molecule has 0 radical (unpaired) electrons. The van der Waals surface area contributed by atoms with Gasteiger partial charge in [0.15, 0.2) is 17.7 Å². The monoisotopic (exact) mass is 295 g/mol. The van der Waals surface area contributed by atoms with Crippen LogP contribution in [0.4, 0.5) is 4.39 Å². The summed E-state index contributed by atoms with van der Waals surface area (Å²) in [6, 6.07) is 5.86. The van der Waals surface area contributed by atoms with Gasteiger partial charge in [0.1, 0.15) is 0 Å². The number of halogens is 1. The van der Waals surface area contributed by atoms with Crippen LogP contribution < -0.4 is 4.74 Å². The van der Waals surface area contributed by atoms with Crippen molar-refractivity contribution in [1.29, 1.82) is 0 Å². The number of aliphatic carboxylic acids is 1. The third-order valence-electron chi connectivity index (χ3n) is 3.73. The minimum Gasteiger partial charge on any atom is -0.481 e. The number of carboxylic acid groups (broad SMARTS) is 1. The average molecular weight is 295 g/mol. The van der Waals surface area contributed by atoms with E-state index in [0.717, 1.165) is 0 Å². The molecule has 1 saturated heterocycles. The molecule has 1 aromatic rings. The lowest BCUT2D eigenvalue weighted by molar-refractivity contribution is -0.142. The zero-order valence-electron chi connectivity index (χ0n) is 12.0. The van der Waals surface area contributed by atoms with Crippen LogP contribution in [-0.4, -0.2) is 41.1 Å². The van der Waals surface area contributed by atoms with E-state index in [1.54, 1.807) is 13.0 Å². The molecule has 1 aliphatic heterocycles. The molecule has 1 N–H and O–H groups in total. The first-order valence-corrected chi connectivity index (χ1v) is 6.83. The highest BCUT2D eigenvalue weighted by molar-refractivity contribution is 5.82. The Morgan fingerprint density at radius 2 is 2.05 bits per heavy atom. The molecule has 6 heteroatoms. The Balaban J connectivity index is 2.01. The van der Waals surface area contributed by atoms with E-state index in [-0.39, 0.29) is 24.1 Å². The highest BCUT2D eigenvalue weighted by Crippen LogP contribution is 2.25. The fraction of sp³-hybridized carbons (Fsp3) is 0.467. The molecule has 0 aromatic heterocycles. The van der Waals surface area contributed by atoms with Crippen molar-refractivity contribution in [3.05, 3.63) is 30.1 Å². The summed E-state index contributed by atoms with van der Waals surface area (Å²) in [4.78, 5) is 24.8. The van der Waals surface area contributed by atoms with Crippen LogP contribution in [0.3, 0.4) is 0 Å². The van der Waals surface area contributed by atoms with Crippen molar-refractivity contribution in [2.75, 3.05) is 13.1 Å². The Labute approximate surface area is 122 Å². The summed E-state index contributed by atoms with van der Waals surface area (Å²) in [5.41, 5.74) is 0. The van der Waals surface area contributed by atoms with Crippen LogP contribution in [-0.2, 0) is 9.59 Å². The number of nitrogens with zero attached hydrogens (tertiary/aromatic N) is 1. The Bertz CT molecular complexity index is 548. The van der Waals surface area contributed by atoms with Gasteiger partial charge in [-0.1, -0.05) is 19.1 Å². The second-order valence-electron chi connectivity index (χ2n) is 5.36. The molecule has 114 valence electrons. The van der Waals surface area contributed by atoms with Gasteiger partial charge in [0, 0.05) is 13.1 Å². The smallest absolute Gasteiger partial charge is 0.308 e. The molecular formula is C15H18FNO4. The maximum atomic E-state index is 13.5. The maximum absolute atomic E-state index is 13.5. The molecule has 3 atom stereocenters. The number of rotatable bonds is 4. The maximum Gasteiger partial charge on any atom is 0.308 e. The van der Waals surface area contributed by atoms with Crippen LogP contribution in [0, 0.1) is 17.7 Å². The predicted octanol–water partition coefficient (Wildman–Crippen LogP) is 1.77. The fourth-order valence-corrected chi connectivity index (χ4v) is 2.51. The van der Waals surface area contributed by atoms with Crippen molar-refractivity contribution < 1.29 is 23.8 Å². The van der Waals surface area contributed by atoms with E-state index in [0.29, 0.717) is 6.54 Å². The first kappa shape index (κ1) is 15.3. The van der Waals surface area contributed by atoms with Gasteiger partial charge in [0.2, 0.25) is 0 Å². The first-order valence-electron chi connectivity index (χ1n) is 6.83. The van der Waals surface area contributed by atoms with E-state index in [2.05, 4.69) is 0 Å². The zero-order valence-corrected chi connectivity index (χ0v) is 12.0. The van der Waals surface area contributed by atoms with E-state index < -0.39 is 23.8 Å². The van der Waals surface area contributed by atoms with E-state index in [9.17, 15) is 14.0 Å². The SMILES string of the molecule is CC(Oc1ccccc1F)C(=O)N1CC(C)C(C(=O)O)C1. The number of benzene rings is 1. The number of ether oxygens (including phenoxy) is 1. The molecule has 1 fully saturated rings. The highest BCUT2D eigenvalue weighted by Gasteiger charge is 2.38. The molecule has 0 spiro atoms. The van der Waals surface area contributed by atoms with Crippen LogP contribution in [0.15, 0.2) is 24.3 Å².